The maximum Gasteiger partial charge on any atom is 2.00 e. The Morgan fingerprint density at radius 2 is 1.37 bits per heavy atom. The van der Waals surface area contributed by atoms with Crippen molar-refractivity contribution in [2.75, 3.05) is 0 Å². The van der Waals surface area contributed by atoms with Crippen LogP contribution in [0.1, 0.15) is 80.5 Å². The summed E-state index contributed by atoms with van der Waals surface area (Å²) in [6.45, 7) is 24.8. The van der Waals surface area contributed by atoms with Crippen molar-refractivity contribution in [3.63, 3.8) is 0 Å². The van der Waals surface area contributed by atoms with Crippen molar-refractivity contribution in [3.8, 4) is 34.1 Å². The van der Waals surface area contributed by atoms with Crippen molar-refractivity contribution in [1.29, 1.82) is 0 Å². The van der Waals surface area contributed by atoms with Gasteiger partial charge in [0, 0.05) is 35.0 Å². The van der Waals surface area contributed by atoms with Crippen LogP contribution >= 0.6 is 0 Å². The molecule has 6 heteroatoms. The third-order valence-corrected chi connectivity index (χ3v) is 9.87. The van der Waals surface area contributed by atoms with E-state index in [2.05, 4.69) is 142 Å². The Kier molecular flexibility index (Phi) is 9.44. The van der Waals surface area contributed by atoms with Gasteiger partial charge in [-0.15, -0.1) is 35.7 Å². The molecule has 0 saturated carbocycles. The van der Waals surface area contributed by atoms with Crippen molar-refractivity contribution in [2.24, 2.45) is 0 Å². The van der Waals surface area contributed by atoms with Gasteiger partial charge in [-0.1, -0.05) is 72.2 Å². The summed E-state index contributed by atoms with van der Waals surface area (Å²) in [6.07, 6.45) is 6.00. The number of rotatable bonds is 5. The summed E-state index contributed by atoms with van der Waals surface area (Å²) in [6, 6.07) is 27.8. The molecule has 0 aliphatic carbocycles. The predicted octanol–water partition coefficient (Wildman–Crippen LogP) is 11.6. The Hall–Kier alpha value is -4.47. The molecule has 7 rings (SSSR count). The van der Waals surface area contributed by atoms with Gasteiger partial charge in [0.25, 0.3) is 0 Å². The van der Waals surface area contributed by atoms with E-state index in [1.54, 1.807) is 0 Å². The van der Waals surface area contributed by atoms with E-state index in [1.807, 2.05) is 35.3 Å². The van der Waals surface area contributed by atoms with Crippen LogP contribution < -0.4 is 4.74 Å². The van der Waals surface area contributed by atoms with E-state index in [9.17, 15) is 0 Å². The van der Waals surface area contributed by atoms with Crippen molar-refractivity contribution < 1.29 is 25.8 Å². The second-order valence-electron chi connectivity index (χ2n) is 15.8. The van der Waals surface area contributed by atoms with Gasteiger partial charge in [0.15, 0.2) is 0 Å². The van der Waals surface area contributed by atoms with Gasteiger partial charge in [0.2, 0.25) is 0 Å². The Balaban J connectivity index is 0.00000448. The molecule has 0 aliphatic rings. The van der Waals surface area contributed by atoms with Crippen molar-refractivity contribution in [1.82, 2.24) is 19.3 Å². The van der Waals surface area contributed by atoms with E-state index < -0.39 is 0 Å². The Morgan fingerprint density at radius 1 is 0.686 bits per heavy atom. The second-order valence-corrected chi connectivity index (χ2v) is 15.8. The maximum atomic E-state index is 6.52. The molecule has 0 fully saturated rings. The minimum atomic E-state index is -0.0465. The first-order valence-electron chi connectivity index (χ1n) is 17.4. The maximum absolute atomic E-state index is 6.52. The van der Waals surface area contributed by atoms with Crippen LogP contribution in [0.4, 0.5) is 0 Å². The second kappa shape index (κ2) is 13.3. The molecule has 262 valence electrons. The van der Waals surface area contributed by atoms with E-state index in [0.29, 0.717) is 11.5 Å². The molecule has 0 bridgehead atoms. The van der Waals surface area contributed by atoms with Crippen LogP contribution in [-0.4, -0.2) is 19.3 Å². The van der Waals surface area contributed by atoms with E-state index in [0.717, 1.165) is 50.0 Å². The first-order chi connectivity index (χ1) is 23.6. The van der Waals surface area contributed by atoms with Gasteiger partial charge in [-0.25, -0.2) is 4.98 Å². The minimum Gasteiger partial charge on any atom is -0.509 e. The quantitative estimate of drug-likeness (QED) is 0.162. The zero-order chi connectivity index (χ0) is 35.7. The van der Waals surface area contributed by atoms with Crippen LogP contribution in [0.25, 0.3) is 44.4 Å². The summed E-state index contributed by atoms with van der Waals surface area (Å²) in [7, 11) is 0. The molecule has 0 unspecified atom stereocenters. The van der Waals surface area contributed by atoms with Crippen LogP contribution in [0.5, 0.6) is 11.5 Å². The fourth-order valence-corrected chi connectivity index (χ4v) is 7.68. The molecule has 0 N–H and O–H groups in total. The normalized spacial score (nSPS) is 12.1. The van der Waals surface area contributed by atoms with Gasteiger partial charge < -0.3 is 9.30 Å². The Labute approximate surface area is 317 Å². The van der Waals surface area contributed by atoms with E-state index in [4.69, 9.17) is 14.8 Å². The number of hydrogen-bond acceptors (Lipinski definition) is 3. The van der Waals surface area contributed by atoms with Gasteiger partial charge >= 0.3 is 21.1 Å². The smallest absolute Gasteiger partial charge is 0.509 e. The summed E-state index contributed by atoms with van der Waals surface area (Å²) in [5.74, 6) is 2.07. The van der Waals surface area contributed by atoms with Gasteiger partial charge in [-0.2, -0.15) is 16.7 Å². The fourth-order valence-electron chi connectivity index (χ4n) is 7.68. The van der Waals surface area contributed by atoms with Crippen LogP contribution in [0.2, 0.25) is 0 Å². The van der Waals surface area contributed by atoms with Crippen LogP contribution in [0.15, 0.2) is 79.3 Å². The minimum absolute atomic E-state index is 0. The topological polar surface area (TPSA) is 44.9 Å². The summed E-state index contributed by atoms with van der Waals surface area (Å²) < 4.78 is 10.6. The number of fused-ring (bicyclic) bond motifs is 3. The molecular weight excluding hydrogens is 808 g/mol. The molecule has 7 aromatic rings. The van der Waals surface area contributed by atoms with E-state index >= 15 is 0 Å². The van der Waals surface area contributed by atoms with E-state index in [-0.39, 0.29) is 31.9 Å². The number of para-hydroxylation sites is 1. The molecule has 51 heavy (non-hydrogen) atoms. The zero-order valence-electron chi connectivity index (χ0n) is 31.5. The molecule has 0 saturated heterocycles. The third-order valence-electron chi connectivity index (χ3n) is 9.87. The zero-order valence-corrected chi connectivity index (χ0v) is 33.8. The van der Waals surface area contributed by atoms with Gasteiger partial charge in [-0.05, 0) is 107 Å². The summed E-state index contributed by atoms with van der Waals surface area (Å²) >= 11 is 0. The monoisotopic (exact) mass is 853 g/mol. The molecule has 4 aromatic carbocycles. The number of hydrogen-bond donors (Lipinski definition) is 0. The van der Waals surface area contributed by atoms with Gasteiger partial charge in [0.1, 0.15) is 5.82 Å². The van der Waals surface area contributed by atoms with Crippen molar-refractivity contribution in [2.45, 2.75) is 87.0 Å². The summed E-state index contributed by atoms with van der Waals surface area (Å²) in [5.41, 5.74) is 14.2. The first-order valence-corrected chi connectivity index (χ1v) is 17.4. The van der Waals surface area contributed by atoms with Crippen molar-refractivity contribution in [3.05, 3.63) is 130 Å². The first kappa shape index (κ1) is 36.3. The number of benzene rings is 4. The third kappa shape index (κ3) is 6.58. The van der Waals surface area contributed by atoms with Crippen LogP contribution in [0, 0.1) is 46.8 Å². The van der Waals surface area contributed by atoms with E-state index in [1.165, 1.54) is 33.4 Å². The SMILES string of the molecule is Cc1cc(Oc2[c-]c3c(cc2)c2ccccc2n3-c2cc(C)ccn2)[c-]c(-n2cc(-c3c(C(C)(C)C)c(C)c(C)c(C)c3C(C)(C)C)cn2)c1.[Pt+2]. The molecule has 0 atom stereocenters. The summed E-state index contributed by atoms with van der Waals surface area (Å²) in [5, 5.41) is 7.16. The molecular formula is C45H46N4OPt. The van der Waals surface area contributed by atoms with Gasteiger partial charge in [-0.3, -0.25) is 4.68 Å². The Bertz CT molecular complexity index is 2390. The molecule has 0 radical (unpaired) electrons. The average molecular weight is 854 g/mol. The predicted molar refractivity (Wildman–Crippen MR) is 206 cm³/mol. The molecule has 0 spiro atoms. The number of pyridine rings is 1. The summed E-state index contributed by atoms with van der Waals surface area (Å²) in [4.78, 5) is 4.71. The molecule has 3 aromatic heterocycles. The molecule has 0 amide bonds. The molecule has 3 heterocycles. The number of nitrogens with zero attached hydrogens (tertiary/aromatic N) is 4. The number of ether oxygens (including phenoxy) is 1. The standard InChI is InChI=1S/C45H46N4O.Pt/c1-27-18-19-46-40(22-27)49-38-15-13-12-14-36(38)37-17-16-34(24-39(37)49)50-35-21-28(2)20-33(23-35)48-26-32(25-47-48)41-42(44(6,7)8)30(4)29(3)31(5)43(41)45(9,10)11;/h12-22,25-26H,1-11H3;/q-2;+2. The largest absolute Gasteiger partial charge is 2.00 e. The Morgan fingerprint density at radius 3 is 2.04 bits per heavy atom. The van der Waals surface area contributed by atoms with Gasteiger partial charge in [0.05, 0.1) is 6.20 Å². The fraction of sp³-hybridized carbons (Fsp3) is 0.289. The molecule has 0 aliphatic heterocycles. The van der Waals surface area contributed by atoms with Crippen LogP contribution in [0.3, 0.4) is 0 Å². The average Bonchev–Trinajstić information content (AvgIpc) is 3.65. The number of aromatic nitrogens is 4. The number of aryl methyl sites for hydroxylation is 2. The van der Waals surface area contributed by atoms with Crippen LogP contribution in [-0.2, 0) is 31.9 Å². The van der Waals surface area contributed by atoms with Crippen molar-refractivity contribution >= 4 is 21.8 Å². The molecule has 5 nitrogen and oxygen atoms in total.